The molecular weight excluding hydrogens is 288 g/mol. The monoisotopic (exact) mass is 302 g/mol. The lowest BCUT2D eigenvalue weighted by Gasteiger charge is -2.17. The number of imide groups is 1. The normalized spacial score (nSPS) is 13.7. The molecule has 2 aromatic carbocycles. The lowest BCUT2D eigenvalue weighted by Crippen LogP contribution is -2.29. The first kappa shape index (κ1) is 13.6. The van der Waals surface area contributed by atoms with E-state index in [2.05, 4.69) is 4.98 Å². The summed E-state index contributed by atoms with van der Waals surface area (Å²) in [6.45, 7) is 2.22. The first-order valence-electron chi connectivity index (χ1n) is 7.45. The van der Waals surface area contributed by atoms with E-state index >= 15 is 0 Å². The predicted octanol–water partition coefficient (Wildman–Crippen LogP) is 3.34. The van der Waals surface area contributed by atoms with Gasteiger partial charge in [0.25, 0.3) is 11.8 Å². The van der Waals surface area contributed by atoms with E-state index in [4.69, 9.17) is 0 Å². The van der Waals surface area contributed by atoms with E-state index in [1.54, 1.807) is 30.5 Å². The molecule has 2 heterocycles. The molecular formula is C19H14N2O2. The standard InChI is InChI=1S/C19H14N2O2/c1-12-8-9-13-5-4-10-20-17(13)16(12)11-21-18(22)14-6-2-3-7-15(14)19(21)23/h2-10H,11H2,1H3. The Hall–Kier alpha value is -3.01. The molecule has 1 aliphatic heterocycles. The van der Waals surface area contributed by atoms with Crippen LogP contribution in [0.1, 0.15) is 31.8 Å². The Bertz CT molecular complexity index is 927. The maximum absolute atomic E-state index is 12.5. The minimum absolute atomic E-state index is 0.238. The maximum Gasteiger partial charge on any atom is 0.261 e. The third-order valence-corrected chi connectivity index (χ3v) is 4.31. The number of pyridine rings is 1. The van der Waals surface area contributed by atoms with Gasteiger partial charge < -0.3 is 0 Å². The summed E-state index contributed by atoms with van der Waals surface area (Å²) in [5, 5.41) is 1.00. The number of rotatable bonds is 2. The van der Waals surface area contributed by atoms with E-state index in [1.165, 1.54) is 4.90 Å². The van der Waals surface area contributed by atoms with Gasteiger partial charge in [0, 0.05) is 17.1 Å². The molecule has 1 aliphatic rings. The molecule has 4 rings (SSSR count). The van der Waals surface area contributed by atoms with E-state index in [-0.39, 0.29) is 18.4 Å². The predicted molar refractivity (Wildman–Crippen MR) is 87.1 cm³/mol. The third kappa shape index (κ3) is 2.03. The average molecular weight is 302 g/mol. The molecule has 1 aromatic heterocycles. The first-order valence-corrected chi connectivity index (χ1v) is 7.45. The molecule has 0 atom stereocenters. The zero-order valence-electron chi connectivity index (χ0n) is 12.6. The van der Waals surface area contributed by atoms with Crippen LogP contribution in [0, 0.1) is 6.92 Å². The van der Waals surface area contributed by atoms with Crippen LogP contribution < -0.4 is 0 Å². The second-order valence-corrected chi connectivity index (χ2v) is 5.68. The number of carbonyl (C=O) groups excluding carboxylic acids is 2. The third-order valence-electron chi connectivity index (χ3n) is 4.31. The molecule has 0 saturated carbocycles. The van der Waals surface area contributed by atoms with Gasteiger partial charge in [0.05, 0.1) is 23.2 Å². The SMILES string of the molecule is Cc1ccc2cccnc2c1CN1C(=O)c2ccccc2C1=O. The number of aryl methyl sites for hydroxylation is 1. The Morgan fingerprint density at radius 2 is 1.61 bits per heavy atom. The highest BCUT2D eigenvalue weighted by atomic mass is 16.2. The van der Waals surface area contributed by atoms with Gasteiger partial charge >= 0.3 is 0 Å². The number of hydrogen-bond acceptors (Lipinski definition) is 3. The lowest BCUT2D eigenvalue weighted by atomic mass is 10.0. The second kappa shape index (κ2) is 5.02. The number of carbonyl (C=O) groups is 2. The Morgan fingerprint density at radius 1 is 0.913 bits per heavy atom. The van der Waals surface area contributed by atoms with Crippen LogP contribution in [0.25, 0.3) is 10.9 Å². The molecule has 2 amide bonds. The number of fused-ring (bicyclic) bond motifs is 2. The van der Waals surface area contributed by atoms with Crippen molar-refractivity contribution in [2.45, 2.75) is 13.5 Å². The molecule has 4 nitrogen and oxygen atoms in total. The highest BCUT2D eigenvalue weighted by Crippen LogP contribution is 2.27. The van der Waals surface area contributed by atoms with Crippen molar-refractivity contribution in [1.82, 2.24) is 9.88 Å². The van der Waals surface area contributed by atoms with Crippen LogP contribution in [0.3, 0.4) is 0 Å². The van der Waals surface area contributed by atoms with Crippen LogP contribution in [0.2, 0.25) is 0 Å². The van der Waals surface area contributed by atoms with Crippen molar-refractivity contribution < 1.29 is 9.59 Å². The topological polar surface area (TPSA) is 50.3 Å². The second-order valence-electron chi connectivity index (χ2n) is 5.68. The van der Waals surface area contributed by atoms with E-state index in [9.17, 15) is 9.59 Å². The number of hydrogen-bond donors (Lipinski definition) is 0. The summed E-state index contributed by atoms with van der Waals surface area (Å²) in [7, 11) is 0. The molecule has 0 unspecified atom stereocenters. The van der Waals surface area contributed by atoms with Crippen molar-refractivity contribution >= 4 is 22.7 Å². The molecule has 0 fully saturated rings. The molecule has 0 saturated heterocycles. The van der Waals surface area contributed by atoms with Gasteiger partial charge in [0.1, 0.15) is 0 Å². The highest BCUT2D eigenvalue weighted by Gasteiger charge is 2.35. The van der Waals surface area contributed by atoms with Crippen LogP contribution in [0.4, 0.5) is 0 Å². The summed E-state index contributed by atoms with van der Waals surface area (Å²) in [6.07, 6.45) is 1.73. The molecule has 23 heavy (non-hydrogen) atoms. The Balaban J connectivity index is 1.80. The van der Waals surface area contributed by atoms with Crippen LogP contribution in [0.5, 0.6) is 0 Å². The quantitative estimate of drug-likeness (QED) is 0.682. The summed E-state index contributed by atoms with van der Waals surface area (Å²) in [5.74, 6) is -0.476. The first-order chi connectivity index (χ1) is 11.2. The van der Waals surface area contributed by atoms with Gasteiger partial charge in [-0.3, -0.25) is 19.5 Å². The van der Waals surface area contributed by atoms with Crippen molar-refractivity contribution in [3.63, 3.8) is 0 Å². The Kier molecular flexibility index (Phi) is 2.98. The number of nitrogens with zero attached hydrogens (tertiary/aromatic N) is 2. The summed E-state index contributed by atoms with van der Waals surface area (Å²) in [5.41, 5.74) is 3.72. The van der Waals surface area contributed by atoms with E-state index in [0.717, 1.165) is 22.0 Å². The molecule has 0 bridgehead atoms. The van der Waals surface area contributed by atoms with Crippen LogP contribution in [-0.4, -0.2) is 21.7 Å². The van der Waals surface area contributed by atoms with Gasteiger partial charge in [-0.15, -0.1) is 0 Å². The largest absolute Gasteiger partial charge is 0.270 e. The summed E-state index contributed by atoms with van der Waals surface area (Å²) >= 11 is 0. The average Bonchev–Trinajstić information content (AvgIpc) is 2.82. The van der Waals surface area contributed by atoms with Crippen molar-refractivity contribution in [3.05, 3.63) is 77.0 Å². The summed E-state index contributed by atoms with van der Waals surface area (Å²) in [4.78, 5) is 30.8. The smallest absolute Gasteiger partial charge is 0.261 e. The molecule has 112 valence electrons. The fraction of sp³-hybridized carbons (Fsp3) is 0.105. The lowest BCUT2D eigenvalue weighted by molar-refractivity contribution is 0.0643. The van der Waals surface area contributed by atoms with Gasteiger partial charge in [-0.25, -0.2) is 0 Å². The maximum atomic E-state index is 12.5. The molecule has 0 aliphatic carbocycles. The van der Waals surface area contributed by atoms with Gasteiger partial charge in [0.15, 0.2) is 0 Å². The van der Waals surface area contributed by atoms with Gasteiger partial charge in [-0.05, 0) is 30.7 Å². The van der Waals surface area contributed by atoms with E-state index < -0.39 is 0 Å². The fourth-order valence-electron chi connectivity index (χ4n) is 3.05. The zero-order valence-corrected chi connectivity index (χ0v) is 12.6. The van der Waals surface area contributed by atoms with Crippen molar-refractivity contribution in [2.24, 2.45) is 0 Å². The van der Waals surface area contributed by atoms with E-state index in [0.29, 0.717) is 11.1 Å². The van der Waals surface area contributed by atoms with Crippen LogP contribution >= 0.6 is 0 Å². The highest BCUT2D eigenvalue weighted by molar-refractivity contribution is 6.21. The molecule has 3 aromatic rings. The molecule has 0 spiro atoms. The summed E-state index contributed by atoms with van der Waals surface area (Å²) < 4.78 is 0. The van der Waals surface area contributed by atoms with Gasteiger partial charge in [-0.2, -0.15) is 0 Å². The number of aromatic nitrogens is 1. The van der Waals surface area contributed by atoms with Gasteiger partial charge in [-0.1, -0.05) is 30.3 Å². The van der Waals surface area contributed by atoms with Crippen molar-refractivity contribution in [1.29, 1.82) is 0 Å². The molecule has 0 N–H and O–H groups in total. The molecule has 4 heteroatoms. The van der Waals surface area contributed by atoms with Crippen molar-refractivity contribution in [2.75, 3.05) is 0 Å². The van der Waals surface area contributed by atoms with E-state index in [1.807, 2.05) is 31.2 Å². The van der Waals surface area contributed by atoms with Gasteiger partial charge in [0.2, 0.25) is 0 Å². The summed E-state index contributed by atoms with van der Waals surface area (Å²) in [6, 6.07) is 14.8. The Labute approximate surface area is 133 Å². The zero-order chi connectivity index (χ0) is 16.0. The number of benzene rings is 2. The van der Waals surface area contributed by atoms with Crippen LogP contribution in [0.15, 0.2) is 54.7 Å². The minimum atomic E-state index is -0.238. The molecule has 0 radical (unpaired) electrons. The van der Waals surface area contributed by atoms with Crippen molar-refractivity contribution in [3.8, 4) is 0 Å². The van der Waals surface area contributed by atoms with Crippen LogP contribution in [-0.2, 0) is 6.54 Å². The Morgan fingerprint density at radius 3 is 2.30 bits per heavy atom. The minimum Gasteiger partial charge on any atom is -0.270 e. The number of amides is 2. The fourth-order valence-corrected chi connectivity index (χ4v) is 3.05.